The first-order valence-corrected chi connectivity index (χ1v) is 18.3. The molecule has 1 nitrogen and oxygen atoms in total. The number of fused-ring (bicyclic) bond motifs is 4. The van der Waals surface area contributed by atoms with Crippen LogP contribution in [0, 0.1) is 0 Å². The molecule has 0 saturated carbocycles. The molecule has 0 radical (unpaired) electrons. The normalized spacial score (nSPS) is 11.4. The Morgan fingerprint density at radius 3 is 1.21 bits per heavy atom. The van der Waals surface area contributed by atoms with Crippen LogP contribution in [-0.2, 0) is 0 Å². The summed E-state index contributed by atoms with van der Waals surface area (Å²) >= 11 is 0. The topological polar surface area (TPSA) is 3.24 Å². The minimum Gasteiger partial charge on any atom is -0.309 e. The van der Waals surface area contributed by atoms with E-state index in [-0.39, 0.29) is 0 Å². The van der Waals surface area contributed by atoms with Crippen molar-refractivity contribution in [3.05, 3.63) is 212 Å². The van der Waals surface area contributed by atoms with E-state index in [2.05, 4.69) is 217 Å². The number of benzene rings is 10. The van der Waals surface area contributed by atoms with Gasteiger partial charge in [-0.05, 0) is 96.0 Å². The monoisotopic (exact) mass is 673 g/mol. The molecule has 0 aliphatic heterocycles. The number of rotatable bonds is 6. The zero-order valence-electron chi connectivity index (χ0n) is 29.2. The van der Waals surface area contributed by atoms with Gasteiger partial charge in [0.05, 0.1) is 11.4 Å². The Labute approximate surface area is 309 Å². The van der Waals surface area contributed by atoms with Gasteiger partial charge in [-0.1, -0.05) is 182 Å². The second kappa shape index (κ2) is 13.0. The predicted molar refractivity (Wildman–Crippen MR) is 227 cm³/mol. The van der Waals surface area contributed by atoms with E-state index in [4.69, 9.17) is 0 Å². The molecule has 0 aromatic heterocycles. The second-order valence-corrected chi connectivity index (χ2v) is 13.7. The summed E-state index contributed by atoms with van der Waals surface area (Å²) < 4.78 is 0. The fourth-order valence-electron chi connectivity index (χ4n) is 8.21. The standard InChI is InChI=1S/C52H35N/c1-3-17-39(18-4-1)51-45-25-11-12-26-46(45)52(40-19-5-2-6-20-40)48-35-41(31-34-47(48)51)36-29-32-42(33-30-36)53(49-27-13-21-37-15-7-9-23-43(37)49)50-28-14-22-38-16-8-10-24-44(38)50/h1-35H. The van der Waals surface area contributed by atoms with Crippen LogP contribution < -0.4 is 4.90 Å². The summed E-state index contributed by atoms with van der Waals surface area (Å²) in [6.07, 6.45) is 0. The fourth-order valence-corrected chi connectivity index (χ4v) is 8.21. The van der Waals surface area contributed by atoms with E-state index in [1.807, 2.05) is 0 Å². The zero-order chi connectivity index (χ0) is 35.1. The average Bonchev–Trinajstić information content (AvgIpc) is 3.24. The highest BCUT2D eigenvalue weighted by molar-refractivity contribution is 6.22. The van der Waals surface area contributed by atoms with Crippen molar-refractivity contribution in [3.63, 3.8) is 0 Å². The summed E-state index contributed by atoms with van der Waals surface area (Å²) in [5.41, 5.74) is 10.8. The molecule has 10 rings (SSSR count). The summed E-state index contributed by atoms with van der Waals surface area (Å²) in [6, 6.07) is 77.2. The van der Waals surface area contributed by atoms with Gasteiger partial charge in [-0.2, -0.15) is 0 Å². The first-order chi connectivity index (χ1) is 26.3. The number of hydrogen-bond donors (Lipinski definition) is 0. The molecule has 0 bridgehead atoms. The highest BCUT2D eigenvalue weighted by atomic mass is 15.1. The lowest BCUT2D eigenvalue weighted by atomic mass is 9.85. The molecule has 0 fully saturated rings. The Hall–Kier alpha value is -6.96. The van der Waals surface area contributed by atoms with Crippen LogP contribution in [0.15, 0.2) is 212 Å². The molecule has 0 amide bonds. The van der Waals surface area contributed by atoms with E-state index in [0.717, 1.165) is 17.1 Å². The molecule has 0 aliphatic rings. The van der Waals surface area contributed by atoms with Crippen LogP contribution in [0.25, 0.3) is 76.5 Å². The SMILES string of the molecule is c1ccc(-c2c3ccccc3c(-c3ccccc3)c3cc(-c4ccc(N(c5cccc6ccccc56)c5cccc6ccccc56)cc4)ccc23)cc1. The first-order valence-electron chi connectivity index (χ1n) is 18.3. The van der Waals surface area contributed by atoms with Gasteiger partial charge in [-0.15, -0.1) is 0 Å². The van der Waals surface area contributed by atoms with Crippen LogP contribution >= 0.6 is 0 Å². The van der Waals surface area contributed by atoms with Gasteiger partial charge in [-0.25, -0.2) is 0 Å². The molecule has 10 aromatic rings. The minimum absolute atomic E-state index is 1.12. The molecule has 0 N–H and O–H groups in total. The molecule has 0 unspecified atom stereocenters. The third kappa shape index (κ3) is 5.34. The van der Waals surface area contributed by atoms with Crippen molar-refractivity contribution < 1.29 is 0 Å². The lowest BCUT2D eigenvalue weighted by molar-refractivity contribution is 1.31. The van der Waals surface area contributed by atoms with Gasteiger partial charge in [0.2, 0.25) is 0 Å². The average molecular weight is 674 g/mol. The lowest BCUT2D eigenvalue weighted by Crippen LogP contribution is -2.11. The van der Waals surface area contributed by atoms with Crippen LogP contribution in [-0.4, -0.2) is 0 Å². The van der Waals surface area contributed by atoms with Gasteiger partial charge in [0.25, 0.3) is 0 Å². The van der Waals surface area contributed by atoms with Crippen molar-refractivity contribution in [3.8, 4) is 33.4 Å². The Morgan fingerprint density at radius 1 is 0.245 bits per heavy atom. The molecule has 0 atom stereocenters. The predicted octanol–water partition coefficient (Wildman–Crippen LogP) is 14.8. The molecule has 1 heteroatoms. The van der Waals surface area contributed by atoms with Gasteiger partial charge in [0.15, 0.2) is 0 Å². The molecule has 10 aromatic carbocycles. The summed E-state index contributed by atoms with van der Waals surface area (Å²) in [5, 5.41) is 9.92. The van der Waals surface area contributed by atoms with E-state index < -0.39 is 0 Å². The molecular weight excluding hydrogens is 639 g/mol. The van der Waals surface area contributed by atoms with Crippen molar-refractivity contribution in [2.75, 3.05) is 4.90 Å². The van der Waals surface area contributed by atoms with Crippen molar-refractivity contribution in [2.24, 2.45) is 0 Å². The van der Waals surface area contributed by atoms with Gasteiger partial charge in [0, 0.05) is 16.5 Å². The third-order valence-corrected chi connectivity index (χ3v) is 10.6. The van der Waals surface area contributed by atoms with Crippen molar-refractivity contribution in [1.82, 2.24) is 0 Å². The minimum atomic E-state index is 1.12. The number of anilines is 3. The molecule has 0 heterocycles. The summed E-state index contributed by atoms with van der Waals surface area (Å²) in [5.74, 6) is 0. The number of nitrogens with zero attached hydrogens (tertiary/aromatic N) is 1. The summed E-state index contributed by atoms with van der Waals surface area (Å²) in [7, 11) is 0. The van der Waals surface area contributed by atoms with Crippen LogP contribution in [0.4, 0.5) is 17.1 Å². The zero-order valence-corrected chi connectivity index (χ0v) is 29.2. The molecule has 0 spiro atoms. The Balaban J connectivity index is 1.17. The van der Waals surface area contributed by atoms with Gasteiger partial charge in [-0.3, -0.25) is 0 Å². The molecule has 0 aliphatic carbocycles. The Kier molecular flexibility index (Phi) is 7.55. The molecule has 53 heavy (non-hydrogen) atoms. The Bertz CT molecular complexity index is 2840. The second-order valence-electron chi connectivity index (χ2n) is 13.7. The molecule has 248 valence electrons. The van der Waals surface area contributed by atoms with E-state index in [1.54, 1.807) is 0 Å². The van der Waals surface area contributed by atoms with Crippen molar-refractivity contribution >= 4 is 60.2 Å². The van der Waals surface area contributed by atoms with E-state index in [9.17, 15) is 0 Å². The van der Waals surface area contributed by atoms with Crippen LogP contribution in [0.1, 0.15) is 0 Å². The lowest BCUT2D eigenvalue weighted by Gasteiger charge is -2.28. The molecular formula is C52H35N. The van der Waals surface area contributed by atoms with Crippen LogP contribution in [0.3, 0.4) is 0 Å². The van der Waals surface area contributed by atoms with Crippen molar-refractivity contribution in [2.45, 2.75) is 0 Å². The van der Waals surface area contributed by atoms with E-state index in [1.165, 1.54) is 76.5 Å². The first kappa shape index (κ1) is 30.8. The Morgan fingerprint density at radius 2 is 0.660 bits per heavy atom. The van der Waals surface area contributed by atoms with Gasteiger partial charge in [0.1, 0.15) is 0 Å². The van der Waals surface area contributed by atoms with E-state index in [0.29, 0.717) is 0 Å². The highest BCUT2D eigenvalue weighted by Gasteiger charge is 2.19. The fraction of sp³-hybridized carbons (Fsp3) is 0. The number of hydrogen-bond acceptors (Lipinski definition) is 1. The smallest absolute Gasteiger partial charge is 0.0540 e. The summed E-state index contributed by atoms with van der Waals surface area (Å²) in [6.45, 7) is 0. The molecule has 0 saturated heterocycles. The maximum absolute atomic E-state index is 2.42. The quantitative estimate of drug-likeness (QED) is 0.159. The maximum atomic E-state index is 2.42. The maximum Gasteiger partial charge on any atom is 0.0540 e. The van der Waals surface area contributed by atoms with Gasteiger partial charge < -0.3 is 4.90 Å². The largest absolute Gasteiger partial charge is 0.309 e. The van der Waals surface area contributed by atoms with Crippen molar-refractivity contribution in [1.29, 1.82) is 0 Å². The third-order valence-electron chi connectivity index (χ3n) is 10.6. The summed E-state index contributed by atoms with van der Waals surface area (Å²) in [4.78, 5) is 2.42. The highest BCUT2D eigenvalue weighted by Crippen LogP contribution is 2.46. The van der Waals surface area contributed by atoms with Gasteiger partial charge >= 0.3 is 0 Å². The van der Waals surface area contributed by atoms with E-state index >= 15 is 0 Å². The van der Waals surface area contributed by atoms with Crippen LogP contribution in [0.5, 0.6) is 0 Å². The van der Waals surface area contributed by atoms with Crippen LogP contribution in [0.2, 0.25) is 0 Å².